The highest BCUT2D eigenvalue weighted by Crippen LogP contribution is 2.38. The molecule has 0 saturated carbocycles. The highest BCUT2D eigenvalue weighted by atomic mass is 32.2. The average molecular weight is 858 g/mol. The molecule has 0 amide bonds. The molecule has 0 radical (unpaired) electrons. The van der Waals surface area contributed by atoms with E-state index in [1.807, 2.05) is 39.8 Å². The van der Waals surface area contributed by atoms with Crippen LogP contribution in [-0.2, 0) is 37.8 Å². The fraction of sp³-hybridized carbons (Fsp3) is 0.204. The number of methoxy groups -OCH3 is 1. The second-order valence-electron chi connectivity index (χ2n) is 15.4. The lowest BCUT2D eigenvalue weighted by Gasteiger charge is -2.21. The summed E-state index contributed by atoms with van der Waals surface area (Å²) in [7, 11) is -8.27. The van der Waals surface area contributed by atoms with Gasteiger partial charge in [0.2, 0.25) is 0 Å². The third-order valence-corrected chi connectivity index (χ3v) is 13.0. The monoisotopic (exact) mass is 857 g/mol. The first-order valence-corrected chi connectivity index (χ1v) is 22.3. The number of ether oxygens (including phenoxy) is 1. The summed E-state index contributed by atoms with van der Waals surface area (Å²) in [5, 5.41) is 0. The number of hydrogen-bond donors (Lipinski definition) is 2. The smallest absolute Gasteiger partial charge is 0.338 e. The molecule has 0 aromatic heterocycles. The number of Topliss-reactive ketones (excluding diaryl/α,β-unsaturated/α-hetero) is 1. The van der Waals surface area contributed by atoms with E-state index in [0.717, 1.165) is 33.4 Å². The van der Waals surface area contributed by atoms with Crippen LogP contribution in [0.25, 0.3) is 5.57 Å². The minimum atomic E-state index is -4.92. The molecule has 10 nitrogen and oxygen atoms in total. The largest absolute Gasteiger partial charge is 0.465 e. The van der Waals surface area contributed by atoms with Crippen molar-refractivity contribution in [2.75, 3.05) is 7.11 Å². The van der Waals surface area contributed by atoms with Gasteiger partial charge in [0.25, 0.3) is 20.2 Å². The van der Waals surface area contributed by atoms with Crippen LogP contribution >= 0.6 is 0 Å². The summed E-state index contributed by atoms with van der Waals surface area (Å²) in [6, 6.07) is 25.0. The maximum absolute atomic E-state index is 13.6. The molecule has 5 aromatic carbocycles. The van der Waals surface area contributed by atoms with Gasteiger partial charge in [-0.05, 0) is 164 Å². The summed E-state index contributed by atoms with van der Waals surface area (Å²) in [6.07, 6.45) is 4.96. The van der Waals surface area contributed by atoms with Gasteiger partial charge in [-0.25, -0.2) is 9.79 Å². The van der Waals surface area contributed by atoms with Gasteiger partial charge < -0.3 is 4.74 Å². The van der Waals surface area contributed by atoms with Crippen LogP contribution in [0, 0.1) is 41.5 Å². The Labute approximate surface area is 357 Å². The zero-order valence-electron chi connectivity index (χ0n) is 35.2. The van der Waals surface area contributed by atoms with Crippen molar-refractivity contribution in [2.45, 2.75) is 66.2 Å². The van der Waals surface area contributed by atoms with Crippen molar-refractivity contribution in [1.29, 1.82) is 0 Å². The number of aryl methyl sites for hydroxylation is 5. The molecule has 12 heteroatoms. The van der Waals surface area contributed by atoms with Crippen LogP contribution in [0.15, 0.2) is 124 Å². The molecule has 2 N–H and O–H groups in total. The number of ketones is 1. The van der Waals surface area contributed by atoms with Crippen molar-refractivity contribution in [3.8, 4) is 0 Å². The maximum atomic E-state index is 13.6. The van der Waals surface area contributed by atoms with E-state index in [1.165, 1.54) is 26.2 Å². The van der Waals surface area contributed by atoms with Crippen molar-refractivity contribution in [2.24, 2.45) is 4.99 Å². The van der Waals surface area contributed by atoms with Gasteiger partial charge in [-0.3, -0.25) is 13.9 Å². The Bertz CT molecular complexity index is 2970. The molecule has 0 aliphatic heterocycles. The van der Waals surface area contributed by atoms with Crippen LogP contribution in [-0.4, -0.2) is 50.5 Å². The quantitative estimate of drug-likeness (QED) is 0.0747. The van der Waals surface area contributed by atoms with Crippen molar-refractivity contribution in [3.63, 3.8) is 0 Å². The number of nitrogens with zero attached hydrogens (tertiary/aromatic N) is 1. The Morgan fingerprint density at radius 1 is 0.656 bits per heavy atom. The predicted molar refractivity (Wildman–Crippen MR) is 239 cm³/mol. The molecule has 61 heavy (non-hydrogen) atoms. The average Bonchev–Trinajstić information content (AvgIpc) is 3.18. The highest BCUT2D eigenvalue weighted by molar-refractivity contribution is 7.90. The van der Waals surface area contributed by atoms with E-state index in [0.29, 0.717) is 51.1 Å². The summed E-state index contributed by atoms with van der Waals surface area (Å²) >= 11 is 0. The molecule has 1 aliphatic carbocycles. The molecule has 6 rings (SSSR count). The number of carbonyl (C=O) groups excluding carboxylic acids is 2. The first kappa shape index (κ1) is 44.5. The predicted octanol–water partition coefficient (Wildman–Crippen LogP) is 9.87. The van der Waals surface area contributed by atoms with E-state index >= 15 is 0 Å². The second kappa shape index (κ2) is 17.5. The number of carbonyl (C=O) groups is 2. The van der Waals surface area contributed by atoms with Crippen LogP contribution in [0.4, 0.5) is 5.69 Å². The number of rotatable bonds is 11. The third kappa shape index (κ3) is 9.63. The molecular weight excluding hydrogens is 811 g/mol. The van der Waals surface area contributed by atoms with Crippen LogP contribution in [0.1, 0.15) is 94.4 Å². The summed E-state index contributed by atoms with van der Waals surface area (Å²) in [6.45, 7) is 12.6. The van der Waals surface area contributed by atoms with E-state index in [1.54, 1.807) is 80.6 Å². The maximum Gasteiger partial charge on any atom is 0.338 e. The van der Waals surface area contributed by atoms with Gasteiger partial charge in [0.15, 0.2) is 5.78 Å². The van der Waals surface area contributed by atoms with Gasteiger partial charge in [0, 0.05) is 11.1 Å². The van der Waals surface area contributed by atoms with E-state index in [9.17, 15) is 35.5 Å². The lowest BCUT2D eigenvalue weighted by Crippen LogP contribution is -2.13. The number of benzene rings is 5. The van der Waals surface area contributed by atoms with Crippen LogP contribution in [0.3, 0.4) is 0 Å². The van der Waals surface area contributed by atoms with E-state index in [-0.39, 0.29) is 39.5 Å². The SMILES string of the molecule is COC(=O)c1cc(C(=C2C=CC(=Nc3ccccc3)C=C2S(=O)(=O)O)c2ccc(Cc3c(C)cc(C)cc3C)c(C(C)=O)c2)ccc1Cc1c(C)cc(C)c(S(=O)(=O)O)c1C. The molecule has 5 aromatic rings. The topological polar surface area (TPSA) is 164 Å². The Morgan fingerprint density at radius 2 is 1.21 bits per heavy atom. The zero-order valence-corrected chi connectivity index (χ0v) is 36.9. The van der Waals surface area contributed by atoms with E-state index in [2.05, 4.69) is 17.1 Å². The van der Waals surface area contributed by atoms with Gasteiger partial charge in [-0.1, -0.05) is 72.3 Å². The molecule has 0 spiro atoms. The second-order valence-corrected chi connectivity index (χ2v) is 18.2. The Balaban J connectivity index is 1.62. The standard InChI is InChI=1S/C49H47NO9S2/c1-28-20-29(2)42(30(3)21-28)23-35-14-16-37(25-44(35)34(7)51)47(41-19-18-40(27-46(41)60(53,54)55)50-39-12-10-9-11-13-39)38-17-15-36(45(26-38)49(52)59-8)24-43-31(4)22-32(5)48(33(43)6)61(56,57)58/h9-22,25-27H,23-24H2,1-8H3,(H,53,54,55)(H,56,57,58). The van der Waals surface area contributed by atoms with Gasteiger partial charge >= 0.3 is 5.97 Å². The number of allylic oxidation sites excluding steroid dienone is 4. The molecule has 0 heterocycles. The number of hydrogen-bond acceptors (Lipinski definition) is 8. The van der Waals surface area contributed by atoms with Gasteiger partial charge in [0.05, 0.1) is 29.0 Å². The number of esters is 1. The third-order valence-electron chi connectivity index (χ3n) is 11.0. The van der Waals surface area contributed by atoms with Crippen LogP contribution in [0.2, 0.25) is 0 Å². The van der Waals surface area contributed by atoms with E-state index in [4.69, 9.17) is 4.74 Å². The Morgan fingerprint density at radius 3 is 1.77 bits per heavy atom. The lowest BCUT2D eigenvalue weighted by molar-refractivity contribution is 0.0599. The lowest BCUT2D eigenvalue weighted by atomic mass is 9.85. The van der Waals surface area contributed by atoms with Crippen molar-refractivity contribution < 1.29 is 40.3 Å². The Kier molecular flexibility index (Phi) is 12.8. The summed E-state index contributed by atoms with van der Waals surface area (Å²) in [5.74, 6) is -0.937. The minimum Gasteiger partial charge on any atom is -0.465 e. The highest BCUT2D eigenvalue weighted by Gasteiger charge is 2.28. The van der Waals surface area contributed by atoms with Crippen LogP contribution < -0.4 is 0 Å². The molecule has 0 atom stereocenters. The first-order chi connectivity index (χ1) is 28.7. The summed E-state index contributed by atoms with van der Waals surface area (Å²) in [5.41, 5.74) is 10.1. The Hall–Kier alpha value is -6.05. The molecule has 314 valence electrons. The fourth-order valence-corrected chi connectivity index (χ4v) is 9.97. The molecule has 0 bridgehead atoms. The summed E-state index contributed by atoms with van der Waals surface area (Å²) < 4.78 is 77.6. The number of para-hydroxylation sites is 1. The molecule has 0 fully saturated rings. The van der Waals surface area contributed by atoms with Crippen molar-refractivity contribution >= 4 is 49.0 Å². The minimum absolute atomic E-state index is 0.0769. The van der Waals surface area contributed by atoms with Crippen molar-refractivity contribution in [1.82, 2.24) is 0 Å². The fourth-order valence-electron chi connectivity index (χ4n) is 8.27. The molecule has 0 saturated heterocycles. The summed E-state index contributed by atoms with van der Waals surface area (Å²) in [4.78, 5) is 31.0. The zero-order chi connectivity index (χ0) is 44.6. The van der Waals surface area contributed by atoms with Gasteiger partial charge in [-0.15, -0.1) is 0 Å². The molecule has 1 aliphatic rings. The van der Waals surface area contributed by atoms with Gasteiger partial charge in [-0.2, -0.15) is 16.8 Å². The van der Waals surface area contributed by atoms with Crippen molar-refractivity contribution in [3.05, 3.63) is 192 Å². The van der Waals surface area contributed by atoms with Crippen LogP contribution in [0.5, 0.6) is 0 Å². The molecular formula is C49H47NO9S2. The normalized spacial score (nSPS) is 14.5. The van der Waals surface area contributed by atoms with E-state index < -0.39 is 31.1 Å². The first-order valence-electron chi connectivity index (χ1n) is 19.4. The van der Waals surface area contributed by atoms with Gasteiger partial charge in [0.1, 0.15) is 4.91 Å². The number of aliphatic imine (C=N–C) groups is 1. The molecule has 0 unspecified atom stereocenters.